The van der Waals surface area contributed by atoms with Gasteiger partial charge in [-0.25, -0.2) is 4.79 Å². The first-order valence-electron chi connectivity index (χ1n) is 4.10. The highest BCUT2D eigenvalue weighted by Crippen LogP contribution is 1.81. The minimum absolute atomic E-state index is 0.202. The lowest BCUT2D eigenvalue weighted by Crippen LogP contribution is -2.37. The summed E-state index contributed by atoms with van der Waals surface area (Å²) >= 11 is 0. The zero-order valence-corrected chi connectivity index (χ0v) is 8.57. The normalized spacial score (nSPS) is 9.47. The SMILES string of the molecule is COCCOCC(=O)C(=O)NC(=O)OC. The van der Waals surface area contributed by atoms with Gasteiger partial charge in [0, 0.05) is 7.11 Å². The quantitative estimate of drug-likeness (QED) is 0.460. The standard InChI is InChI=1S/C8H13NO6/c1-13-3-4-15-5-6(10)7(11)9-8(12)14-2/h3-5H2,1-2H3,(H,9,11,12). The Hall–Kier alpha value is -1.47. The van der Waals surface area contributed by atoms with Gasteiger partial charge in [-0.1, -0.05) is 0 Å². The highest BCUT2D eigenvalue weighted by atomic mass is 16.5. The molecule has 0 aromatic heterocycles. The number of carbonyl (C=O) groups excluding carboxylic acids is 3. The molecule has 0 saturated carbocycles. The predicted molar refractivity (Wildman–Crippen MR) is 48.2 cm³/mol. The molecular formula is C8H13NO6. The molecule has 0 saturated heterocycles. The second-order valence-corrected chi connectivity index (χ2v) is 2.41. The van der Waals surface area contributed by atoms with Crippen molar-refractivity contribution in [1.82, 2.24) is 5.32 Å². The highest BCUT2D eigenvalue weighted by molar-refractivity contribution is 6.38. The van der Waals surface area contributed by atoms with Gasteiger partial charge in [0.1, 0.15) is 6.61 Å². The van der Waals surface area contributed by atoms with Crippen molar-refractivity contribution in [2.75, 3.05) is 34.0 Å². The van der Waals surface area contributed by atoms with Crippen LogP contribution in [0.1, 0.15) is 0 Å². The summed E-state index contributed by atoms with van der Waals surface area (Å²) in [6.45, 7) is 0.131. The average Bonchev–Trinajstić information content (AvgIpc) is 2.23. The van der Waals surface area contributed by atoms with Crippen LogP contribution in [0.15, 0.2) is 0 Å². The number of carbonyl (C=O) groups is 3. The van der Waals surface area contributed by atoms with Crippen LogP contribution in [0.25, 0.3) is 0 Å². The molecule has 0 unspecified atom stereocenters. The molecule has 2 amide bonds. The van der Waals surface area contributed by atoms with Gasteiger partial charge in [0.05, 0.1) is 20.3 Å². The maximum atomic E-state index is 11.0. The lowest BCUT2D eigenvalue weighted by molar-refractivity contribution is -0.140. The Kier molecular flexibility index (Phi) is 7.12. The van der Waals surface area contributed by atoms with E-state index in [1.165, 1.54) is 7.11 Å². The van der Waals surface area contributed by atoms with Gasteiger partial charge in [0.15, 0.2) is 0 Å². The summed E-state index contributed by atoms with van der Waals surface area (Å²) in [5.74, 6) is -1.91. The third-order valence-corrected chi connectivity index (χ3v) is 1.32. The number of hydrogen-bond donors (Lipinski definition) is 1. The Morgan fingerprint density at radius 1 is 1.13 bits per heavy atom. The minimum atomic E-state index is -1.06. The van der Waals surface area contributed by atoms with E-state index in [9.17, 15) is 14.4 Å². The summed E-state index contributed by atoms with van der Waals surface area (Å²) in [6, 6.07) is 0. The summed E-state index contributed by atoms with van der Waals surface area (Å²) in [5, 5.41) is 1.71. The molecule has 86 valence electrons. The van der Waals surface area contributed by atoms with Crippen LogP contribution in [0.5, 0.6) is 0 Å². The summed E-state index contributed by atoms with van der Waals surface area (Å²) in [6.07, 6.45) is -0.981. The number of nitrogens with one attached hydrogen (secondary N) is 1. The van der Waals surface area contributed by atoms with Crippen molar-refractivity contribution in [3.63, 3.8) is 0 Å². The van der Waals surface area contributed by atoms with E-state index in [1.807, 2.05) is 0 Å². The number of amides is 2. The Morgan fingerprint density at radius 2 is 1.80 bits per heavy atom. The molecule has 0 spiro atoms. The minimum Gasteiger partial charge on any atom is -0.453 e. The fraction of sp³-hybridized carbons (Fsp3) is 0.625. The maximum absolute atomic E-state index is 11.0. The molecule has 7 nitrogen and oxygen atoms in total. The van der Waals surface area contributed by atoms with Crippen molar-refractivity contribution in [2.45, 2.75) is 0 Å². The fourth-order valence-corrected chi connectivity index (χ4v) is 0.586. The van der Waals surface area contributed by atoms with E-state index < -0.39 is 24.4 Å². The first-order chi connectivity index (χ1) is 7.11. The van der Waals surface area contributed by atoms with Gasteiger partial charge < -0.3 is 14.2 Å². The molecular weight excluding hydrogens is 206 g/mol. The second kappa shape index (κ2) is 7.89. The molecule has 0 aliphatic rings. The molecule has 7 heteroatoms. The number of methoxy groups -OCH3 is 2. The number of rotatable bonds is 6. The summed E-state index contributed by atoms with van der Waals surface area (Å²) in [5.41, 5.74) is 0. The van der Waals surface area contributed by atoms with E-state index in [0.29, 0.717) is 6.61 Å². The van der Waals surface area contributed by atoms with E-state index in [1.54, 1.807) is 5.32 Å². The Bertz CT molecular complexity index is 239. The van der Waals surface area contributed by atoms with Crippen LogP contribution in [0.3, 0.4) is 0 Å². The van der Waals surface area contributed by atoms with Gasteiger partial charge in [-0.3, -0.25) is 14.9 Å². The second-order valence-electron chi connectivity index (χ2n) is 2.41. The predicted octanol–water partition coefficient (Wildman–Crippen LogP) is -0.899. The van der Waals surface area contributed by atoms with Gasteiger partial charge >= 0.3 is 6.09 Å². The monoisotopic (exact) mass is 219 g/mol. The Balaban J connectivity index is 3.70. The van der Waals surface area contributed by atoms with Crippen molar-refractivity contribution in [3.8, 4) is 0 Å². The number of alkyl carbamates (subject to hydrolysis) is 1. The van der Waals surface area contributed by atoms with E-state index in [4.69, 9.17) is 4.74 Å². The van der Waals surface area contributed by atoms with E-state index in [-0.39, 0.29) is 6.61 Å². The third kappa shape index (κ3) is 6.58. The molecule has 0 aliphatic carbocycles. The summed E-state index contributed by atoms with van der Waals surface area (Å²) in [4.78, 5) is 32.4. The van der Waals surface area contributed by atoms with Crippen molar-refractivity contribution < 1.29 is 28.6 Å². The Labute approximate surface area is 86.7 Å². The molecule has 0 fully saturated rings. The summed E-state index contributed by atoms with van der Waals surface area (Å²) in [7, 11) is 2.57. The third-order valence-electron chi connectivity index (χ3n) is 1.32. The van der Waals surface area contributed by atoms with Crippen molar-refractivity contribution in [2.24, 2.45) is 0 Å². The average molecular weight is 219 g/mol. The zero-order valence-electron chi connectivity index (χ0n) is 8.57. The first kappa shape index (κ1) is 13.5. The number of ketones is 1. The first-order valence-corrected chi connectivity index (χ1v) is 4.10. The van der Waals surface area contributed by atoms with Crippen molar-refractivity contribution in [1.29, 1.82) is 0 Å². The van der Waals surface area contributed by atoms with Crippen LogP contribution in [-0.2, 0) is 23.8 Å². The smallest absolute Gasteiger partial charge is 0.413 e. The molecule has 0 heterocycles. The molecule has 0 aromatic rings. The van der Waals surface area contributed by atoms with Gasteiger partial charge in [0.25, 0.3) is 5.91 Å². The van der Waals surface area contributed by atoms with Crippen LogP contribution in [0, 0.1) is 0 Å². The number of ether oxygens (including phenoxy) is 3. The van der Waals surface area contributed by atoms with Crippen molar-refractivity contribution in [3.05, 3.63) is 0 Å². The highest BCUT2D eigenvalue weighted by Gasteiger charge is 2.16. The van der Waals surface area contributed by atoms with E-state index in [0.717, 1.165) is 7.11 Å². The largest absolute Gasteiger partial charge is 0.453 e. The maximum Gasteiger partial charge on any atom is 0.413 e. The van der Waals surface area contributed by atoms with E-state index in [2.05, 4.69) is 9.47 Å². The summed E-state index contributed by atoms with van der Waals surface area (Å²) < 4.78 is 13.6. The lowest BCUT2D eigenvalue weighted by Gasteiger charge is -2.03. The van der Waals surface area contributed by atoms with E-state index >= 15 is 0 Å². The molecule has 0 aromatic carbocycles. The molecule has 0 rings (SSSR count). The van der Waals surface area contributed by atoms with Gasteiger partial charge in [-0.2, -0.15) is 0 Å². The number of hydrogen-bond acceptors (Lipinski definition) is 6. The molecule has 0 radical (unpaired) electrons. The number of Topliss-reactive ketones (excluding diaryl/α,β-unsaturated/α-hetero) is 1. The van der Waals surface area contributed by atoms with Crippen LogP contribution in [-0.4, -0.2) is 51.8 Å². The molecule has 15 heavy (non-hydrogen) atoms. The van der Waals surface area contributed by atoms with Gasteiger partial charge in [-0.05, 0) is 0 Å². The molecule has 1 N–H and O–H groups in total. The molecule has 0 atom stereocenters. The fourth-order valence-electron chi connectivity index (χ4n) is 0.586. The number of imide groups is 1. The lowest BCUT2D eigenvalue weighted by atomic mass is 10.4. The topological polar surface area (TPSA) is 90.9 Å². The van der Waals surface area contributed by atoms with Gasteiger partial charge in [0.2, 0.25) is 5.78 Å². The van der Waals surface area contributed by atoms with Gasteiger partial charge in [-0.15, -0.1) is 0 Å². The van der Waals surface area contributed by atoms with Crippen LogP contribution in [0.2, 0.25) is 0 Å². The van der Waals surface area contributed by atoms with Crippen LogP contribution in [0.4, 0.5) is 4.79 Å². The molecule has 0 aliphatic heterocycles. The van der Waals surface area contributed by atoms with Crippen LogP contribution >= 0.6 is 0 Å². The Morgan fingerprint density at radius 3 is 2.33 bits per heavy atom. The zero-order chi connectivity index (χ0) is 11.7. The van der Waals surface area contributed by atoms with Crippen LogP contribution < -0.4 is 5.32 Å². The molecule has 0 bridgehead atoms. The van der Waals surface area contributed by atoms with Crippen molar-refractivity contribution >= 4 is 17.8 Å².